The molecule has 0 aromatic carbocycles. The van der Waals surface area contributed by atoms with E-state index in [1.165, 1.54) is 0 Å². The second-order valence-electron chi connectivity index (χ2n) is 3.77. The Balaban J connectivity index is 3.00. The summed E-state index contributed by atoms with van der Waals surface area (Å²) in [4.78, 5) is 0. The van der Waals surface area contributed by atoms with Crippen LogP contribution >= 0.6 is 0 Å². The van der Waals surface area contributed by atoms with Gasteiger partial charge in [-0.2, -0.15) is 0 Å². The summed E-state index contributed by atoms with van der Waals surface area (Å²) in [7, 11) is 0. The van der Waals surface area contributed by atoms with Crippen LogP contribution in [0.15, 0.2) is 23.6 Å². The van der Waals surface area contributed by atoms with Crippen LogP contribution in [0, 0.1) is 5.92 Å². The fourth-order valence-corrected chi connectivity index (χ4v) is 1.33. The van der Waals surface area contributed by atoms with Crippen LogP contribution in [0.4, 0.5) is 13.2 Å². The summed E-state index contributed by atoms with van der Waals surface area (Å²) in [5.74, 6) is -1.50. The topological polar surface area (TPSA) is 20.2 Å². The Labute approximate surface area is 80.9 Å². The van der Waals surface area contributed by atoms with E-state index < -0.39 is 17.7 Å². The molecular weight excluding hydrogens is 193 g/mol. The number of alkyl halides is 2. The summed E-state index contributed by atoms with van der Waals surface area (Å²) in [6, 6.07) is 0. The number of hydrogen-bond acceptors (Lipinski definition) is 1. The summed E-state index contributed by atoms with van der Waals surface area (Å²) < 4.78 is 39.4. The molecule has 1 N–H and O–H groups in total. The summed E-state index contributed by atoms with van der Waals surface area (Å²) >= 11 is 0. The predicted octanol–water partition coefficient (Wildman–Crippen LogP) is 2.47. The van der Waals surface area contributed by atoms with E-state index in [2.05, 4.69) is 0 Å². The van der Waals surface area contributed by atoms with Gasteiger partial charge in [-0.25, -0.2) is 13.2 Å². The maximum absolute atomic E-state index is 13.4. The minimum Gasteiger partial charge on any atom is -0.396 e. The molecule has 0 spiro atoms. The van der Waals surface area contributed by atoms with Gasteiger partial charge in [-0.1, -0.05) is 6.92 Å². The van der Waals surface area contributed by atoms with E-state index >= 15 is 0 Å². The Hall–Kier alpha value is -0.770. The van der Waals surface area contributed by atoms with E-state index in [1.54, 1.807) is 6.92 Å². The number of aliphatic hydroxyl groups excluding tert-OH is 1. The van der Waals surface area contributed by atoms with Crippen molar-refractivity contribution in [3.63, 3.8) is 0 Å². The van der Waals surface area contributed by atoms with Crippen molar-refractivity contribution >= 4 is 0 Å². The van der Waals surface area contributed by atoms with Gasteiger partial charge in [-0.15, -0.1) is 0 Å². The van der Waals surface area contributed by atoms with Gasteiger partial charge in [0.1, 0.15) is 5.83 Å². The largest absolute Gasteiger partial charge is 0.396 e. The molecule has 0 saturated heterocycles. The standard InChI is InChI=1S/C10H13F3O/c1-6(5-14)7-3-8(11)9(12)10(2,13)4-7/h3-4,6,9,14H,5H2,1-2H3. The van der Waals surface area contributed by atoms with E-state index in [1.807, 2.05) is 0 Å². The number of allylic oxidation sites excluding steroid dienone is 3. The molecule has 0 amide bonds. The molecule has 0 bridgehead atoms. The van der Waals surface area contributed by atoms with Crippen LogP contribution in [0.25, 0.3) is 0 Å². The van der Waals surface area contributed by atoms with Crippen LogP contribution in [-0.4, -0.2) is 23.6 Å². The second-order valence-corrected chi connectivity index (χ2v) is 3.77. The highest BCUT2D eigenvalue weighted by atomic mass is 19.2. The summed E-state index contributed by atoms with van der Waals surface area (Å²) in [6.45, 7) is 2.38. The molecular formula is C10H13F3O. The van der Waals surface area contributed by atoms with E-state index in [0.717, 1.165) is 19.1 Å². The summed E-state index contributed by atoms with van der Waals surface area (Å²) in [5.41, 5.74) is -2.03. The Morgan fingerprint density at radius 2 is 2.21 bits per heavy atom. The molecule has 0 aliphatic heterocycles. The highest BCUT2D eigenvalue weighted by Crippen LogP contribution is 2.35. The molecule has 0 radical (unpaired) electrons. The summed E-state index contributed by atoms with van der Waals surface area (Å²) in [6.07, 6.45) is -0.258. The molecule has 4 heteroatoms. The van der Waals surface area contributed by atoms with E-state index in [4.69, 9.17) is 5.11 Å². The Morgan fingerprint density at radius 1 is 1.64 bits per heavy atom. The van der Waals surface area contributed by atoms with Crippen molar-refractivity contribution in [2.45, 2.75) is 25.7 Å². The van der Waals surface area contributed by atoms with Crippen molar-refractivity contribution < 1.29 is 18.3 Å². The number of hydrogen-bond donors (Lipinski definition) is 1. The lowest BCUT2D eigenvalue weighted by Crippen LogP contribution is -2.33. The first-order chi connectivity index (χ1) is 6.38. The average Bonchev–Trinajstić information content (AvgIpc) is 2.12. The highest BCUT2D eigenvalue weighted by molar-refractivity contribution is 5.35. The second kappa shape index (κ2) is 3.77. The van der Waals surface area contributed by atoms with Gasteiger partial charge in [0.2, 0.25) is 0 Å². The molecule has 80 valence electrons. The minimum atomic E-state index is -2.32. The first kappa shape index (κ1) is 11.3. The molecule has 0 saturated carbocycles. The molecule has 1 aliphatic carbocycles. The third-order valence-electron chi connectivity index (χ3n) is 2.33. The maximum Gasteiger partial charge on any atom is 0.188 e. The van der Waals surface area contributed by atoms with Crippen LogP contribution in [-0.2, 0) is 0 Å². The van der Waals surface area contributed by atoms with Crippen molar-refractivity contribution in [2.75, 3.05) is 6.61 Å². The Bertz CT molecular complexity index is 281. The van der Waals surface area contributed by atoms with Crippen LogP contribution in [0.5, 0.6) is 0 Å². The van der Waals surface area contributed by atoms with Crippen LogP contribution in [0.2, 0.25) is 0 Å². The van der Waals surface area contributed by atoms with Gasteiger partial charge in [0.25, 0.3) is 0 Å². The fraction of sp³-hybridized carbons (Fsp3) is 0.600. The molecule has 0 aromatic rings. The van der Waals surface area contributed by atoms with Gasteiger partial charge in [0.15, 0.2) is 11.8 Å². The first-order valence-electron chi connectivity index (χ1n) is 4.42. The van der Waals surface area contributed by atoms with Crippen LogP contribution in [0.1, 0.15) is 13.8 Å². The number of halogens is 3. The average molecular weight is 206 g/mol. The molecule has 3 unspecified atom stereocenters. The van der Waals surface area contributed by atoms with Gasteiger partial charge < -0.3 is 5.11 Å². The third-order valence-corrected chi connectivity index (χ3v) is 2.33. The lowest BCUT2D eigenvalue weighted by molar-refractivity contribution is 0.115. The van der Waals surface area contributed by atoms with E-state index in [0.29, 0.717) is 5.57 Å². The lowest BCUT2D eigenvalue weighted by Gasteiger charge is -2.26. The molecule has 1 aliphatic rings. The van der Waals surface area contributed by atoms with Gasteiger partial charge >= 0.3 is 0 Å². The van der Waals surface area contributed by atoms with E-state index in [9.17, 15) is 13.2 Å². The van der Waals surface area contributed by atoms with Crippen molar-refractivity contribution in [2.24, 2.45) is 5.92 Å². The molecule has 14 heavy (non-hydrogen) atoms. The molecule has 1 rings (SSSR count). The monoisotopic (exact) mass is 206 g/mol. The number of rotatable bonds is 2. The fourth-order valence-electron chi connectivity index (χ4n) is 1.33. The molecule has 0 heterocycles. The quantitative estimate of drug-likeness (QED) is 0.735. The van der Waals surface area contributed by atoms with Gasteiger partial charge in [-0.3, -0.25) is 0 Å². The highest BCUT2D eigenvalue weighted by Gasteiger charge is 2.39. The van der Waals surface area contributed by atoms with Crippen molar-refractivity contribution in [3.05, 3.63) is 23.6 Å². The molecule has 1 nitrogen and oxygen atoms in total. The lowest BCUT2D eigenvalue weighted by atomic mass is 9.87. The zero-order valence-electron chi connectivity index (χ0n) is 8.10. The van der Waals surface area contributed by atoms with Crippen LogP contribution in [0.3, 0.4) is 0 Å². The maximum atomic E-state index is 13.4. The Kier molecular flexibility index (Phi) is 3.04. The SMILES string of the molecule is CC(CO)C1=CC(C)(F)C(F)C(F)=C1. The zero-order chi connectivity index (χ0) is 10.9. The van der Waals surface area contributed by atoms with Crippen molar-refractivity contribution in [1.82, 2.24) is 0 Å². The molecule has 0 fully saturated rings. The minimum absolute atomic E-state index is 0.220. The molecule has 3 atom stereocenters. The van der Waals surface area contributed by atoms with Crippen molar-refractivity contribution in [1.29, 1.82) is 0 Å². The smallest absolute Gasteiger partial charge is 0.188 e. The first-order valence-corrected chi connectivity index (χ1v) is 4.42. The number of aliphatic hydroxyl groups is 1. The normalized spacial score (nSPS) is 34.9. The van der Waals surface area contributed by atoms with Crippen LogP contribution < -0.4 is 0 Å². The summed E-state index contributed by atoms with van der Waals surface area (Å²) in [5, 5.41) is 8.80. The van der Waals surface area contributed by atoms with Crippen molar-refractivity contribution in [3.8, 4) is 0 Å². The zero-order valence-corrected chi connectivity index (χ0v) is 8.10. The van der Waals surface area contributed by atoms with Gasteiger partial charge in [-0.05, 0) is 24.6 Å². The van der Waals surface area contributed by atoms with E-state index in [-0.39, 0.29) is 12.5 Å². The molecule has 0 aromatic heterocycles. The van der Waals surface area contributed by atoms with Gasteiger partial charge in [0, 0.05) is 12.5 Å². The predicted molar refractivity (Wildman–Crippen MR) is 47.9 cm³/mol. The Morgan fingerprint density at radius 3 is 2.64 bits per heavy atom. The van der Waals surface area contributed by atoms with Gasteiger partial charge in [0.05, 0.1) is 0 Å². The third kappa shape index (κ3) is 2.00.